The highest BCUT2D eigenvalue weighted by Gasteiger charge is 2.40. The second kappa shape index (κ2) is 6.66. The van der Waals surface area contributed by atoms with E-state index < -0.39 is 52.0 Å². The Morgan fingerprint density at radius 3 is 2.35 bits per heavy atom. The van der Waals surface area contributed by atoms with Gasteiger partial charge in [0.05, 0.1) is 34.8 Å². The molecule has 1 aliphatic rings. The predicted octanol–water partition coefficient (Wildman–Crippen LogP) is 5.45. The van der Waals surface area contributed by atoms with Crippen LogP contribution in [0.4, 0.5) is 36.6 Å². The molecule has 5 nitrogen and oxygen atoms in total. The number of aromatic nitrogens is 4. The number of hydrogen-bond donors (Lipinski definition) is 1. The van der Waals surface area contributed by atoms with E-state index in [1.165, 1.54) is 4.68 Å². The number of nitrogens with two attached hydrogens (primary N) is 1. The van der Waals surface area contributed by atoms with Crippen LogP contribution in [0, 0.1) is 12.7 Å². The summed E-state index contributed by atoms with van der Waals surface area (Å²) in [6, 6.07) is 0.478. The van der Waals surface area contributed by atoms with Crippen LogP contribution in [0.2, 0.25) is 0 Å². The second-order valence-corrected chi connectivity index (χ2v) is 7.23. The minimum absolute atomic E-state index is 0.263. The summed E-state index contributed by atoms with van der Waals surface area (Å²) in [5.74, 6) is -1.60. The van der Waals surface area contributed by atoms with Crippen LogP contribution < -0.4 is 5.73 Å². The van der Waals surface area contributed by atoms with Gasteiger partial charge in [0, 0.05) is 10.9 Å². The lowest BCUT2D eigenvalue weighted by molar-refractivity contribution is -0.137. The summed E-state index contributed by atoms with van der Waals surface area (Å²) >= 11 is 0. The lowest BCUT2D eigenvalue weighted by atomic mass is 9.99. The minimum atomic E-state index is -4.98. The van der Waals surface area contributed by atoms with E-state index in [4.69, 9.17) is 5.73 Å². The fourth-order valence-electron chi connectivity index (χ4n) is 3.47. The number of rotatable bonds is 3. The molecule has 3 aromatic heterocycles. The molecule has 0 bridgehead atoms. The molecular weight excluding hydrogens is 431 g/mol. The summed E-state index contributed by atoms with van der Waals surface area (Å²) in [5, 5.41) is 3.66. The Balaban J connectivity index is 2.13. The van der Waals surface area contributed by atoms with Crippen LogP contribution in [0.1, 0.15) is 35.8 Å². The highest BCUT2D eigenvalue weighted by Crippen LogP contribution is 2.45. The summed E-state index contributed by atoms with van der Waals surface area (Å²) in [6.45, 7) is 4.00. The molecule has 0 unspecified atom stereocenters. The SMILES string of the molecule is C=C(c1nc(-c2cc(N)nc(C)c2C(F)(F)F)c(F)c2c1cnn2C1CC1)C(F)(F)F. The van der Waals surface area contributed by atoms with Gasteiger partial charge in [0.1, 0.15) is 17.0 Å². The average Bonchev–Trinajstić information content (AvgIpc) is 3.37. The van der Waals surface area contributed by atoms with Gasteiger partial charge in [-0.1, -0.05) is 6.58 Å². The van der Waals surface area contributed by atoms with Gasteiger partial charge < -0.3 is 5.73 Å². The van der Waals surface area contributed by atoms with Crippen molar-refractivity contribution in [1.82, 2.24) is 19.7 Å². The maximum Gasteiger partial charge on any atom is 0.418 e. The molecule has 12 heteroatoms. The van der Waals surface area contributed by atoms with Crippen molar-refractivity contribution in [2.45, 2.75) is 38.2 Å². The lowest BCUT2D eigenvalue weighted by Crippen LogP contribution is -2.15. The Hall–Kier alpha value is -3.18. The maximum atomic E-state index is 15.5. The number of alkyl halides is 6. The van der Waals surface area contributed by atoms with Crippen LogP contribution in [-0.4, -0.2) is 25.9 Å². The van der Waals surface area contributed by atoms with Crippen LogP contribution >= 0.6 is 0 Å². The fraction of sp³-hybridized carbons (Fsp3) is 0.316. The molecule has 0 amide bonds. The van der Waals surface area contributed by atoms with Crippen molar-refractivity contribution in [2.75, 3.05) is 5.73 Å². The van der Waals surface area contributed by atoms with Crippen molar-refractivity contribution in [3.8, 4) is 11.3 Å². The van der Waals surface area contributed by atoms with Gasteiger partial charge in [0.25, 0.3) is 0 Å². The van der Waals surface area contributed by atoms with Crippen molar-refractivity contribution >= 4 is 22.3 Å². The number of anilines is 1. The monoisotopic (exact) mass is 445 g/mol. The Labute approximate surface area is 170 Å². The fourth-order valence-corrected chi connectivity index (χ4v) is 3.47. The number of halogens is 7. The number of allylic oxidation sites excluding steroid dienone is 1. The molecule has 4 rings (SSSR count). The van der Waals surface area contributed by atoms with E-state index in [0.717, 1.165) is 19.2 Å². The lowest BCUT2D eigenvalue weighted by Gasteiger charge is -2.18. The quantitative estimate of drug-likeness (QED) is 0.545. The number of nitrogens with zero attached hydrogens (tertiary/aromatic N) is 4. The summed E-state index contributed by atoms with van der Waals surface area (Å²) < 4.78 is 98.1. The van der Waals surface area contributed by atoms with Gasteiger partial charge in [-0.05, 0) is 25.8 Å². The molecular formula is C19H14F7N5. The molecule has 0 saturated heterocycles. The van der Waals surface area contributed by atoms with Crippen LogP contribution in [0.25, 0.3) is 27.7 Å². The molecule has 1 aliphatic carbocycles. The van der Waals surface area contributed by atoms with E-state index in [1.54, 1.807) is 0 Å². The molecule has 0 radical (unpaired) electrons. The van der Waals surface area contributed by atoms with Crippen LogP contribution in [0.3, 0.4) is 0 Å². The van der Waals surface area contributed by atoms with Gasteiger partial charge in [0.2, 0.25) is 0 Å². The third kappa shape index (κ3) is 3.49. The van der Waals surface area contributed by atoms with Crippen LogP contribution in [-0.2, 0) is 6.18 Å². The van der Waals surface area contributed by atoms with Gasteiger partial charge >= 0.3 is 12.4 Å². The van der Waals surface area contributed by atoms with Crippen molar-refractivity contribution in [3.05, 3.63) is 41.6 Å². The van der Waals surface area contributed by atoms with Crippen LogP contribution in [0.15, 0.2) is 18.8 Å². The summed E-state index contributed by atoms with van der Waals surface area (Å²) in [5.41, 5.74) is -0.670. The Bertz CT molecular complexity index is 1220. The largest absolute Gasteiger partial charge is 0.418 e. The standard InChI is InChI=1S/C19H14F7N5/c1-7(18(21,22)23)15-11-6-28-31(9-3-4-9)17(11)14(20)16(30-15)10-5-12(27)29-8(2)13(10)19(24,25)26/h5-6,9H,1,3-4H2,2H3,(H2,27,29). The maximum absolute atomic E-state index is 15.5. The van der Waals surface area contributed by atoms with E-state index in [0.29, 0.717) is 12.8 Å². The van der Waals surface area contributed by atoms with Gasteiger partial charge in [-0.3, -0.25) is 4.68 Å². The predicted molar refractivity (Wildman–Crippen MR) is 98.2 cm³/mol. The summed E-state index contributed by atoms with van der Waals surface area (Å²) in [7, 11) is 0. The van der Waals surface area contributed by atoms with Gasteiger partial charge in [-0.2, -0.15) is 31.4 Å². The van der Waals surface area contributed by atoms with Gasteiger partial charge in [-0.25, -0.2) is 14.4 Å². The van der Waals surface area contributed by atoms with E-state index in [9.17, 15) is 26.3 Å². The first-order valence-electron chi connectivity index (χ1n) is 8.98. The average molecular weight is 445 g/mol. The Morgan fingerprint density at radius 1 is 1.16 bits per heavy atom. The topological polar surface area (TPSA) is 69.6 Å². The summed E-state index contributed by atoms with van der Waals surface area (Å²) in [4.78, 5) is 7.21. The van der Waals surface area contributed by atoms with E-state index >= 15 is 4.39 Å². The molecule has 0 spiro atoms. The first-order chi connectivity index (χ1) is 14.3. The van der Waals surface area contributed by atoms with Crippen LogP contribution in [0.5, 0.6) is 0 Å². The van der Waals surface area contributed by atoms with Gasteiger partial charge in [-0.15, -0.1) is 0 Å². The third-order valence-corrected chi connectivity index (χ3v) is 4.97. The number of fused-ring (bicyclic) bond motifs is 1. The van der Waals surface area contributed by atoms with E-state index in [1.807, 2.05) is 0 Å². The molecule has 1 fully saturated rings. The van der Waals surface area contributed by atoms with Crippen molar-refractivity contribution < 1.29 is 30.7 Å². The molecule has 31 heavy (non-hydrogen) atoms. The molecule has 164 valence electrons. The first kappa shape index (κ1) is 21.1. The number of nitrogen functional groups attached to an aromatic ring is 1. The molecule has 1 saturated carbocycles. The van der Waals surface area contributed by atoms with Crippen molar-refractivity contribution in [3.63, 3.8) is 0 Å². The highest BCUT2D eigenvalue weighted by atomic mass is 19.4. The Morgan fingerprint density at radius 2 is 1.81 bits per heavy atom. The minimum Gasteiger partial charge on any atom is -0.384 e. The Kier molecular flexibility index (Phi) is 4.53. The number of pyridine rings is 2. The van der Waals surface area contributed by atoms with Gasteiger partial charge in [0.15, 0.2) is 5.82 Å². The molecule has 0 aliphatic heterocycles. The summed E-state index contributed by atoms with van der Waals surface area (Å²) in [6.07, 6.45) is -7.70. The normalized spacial score (nSPS) is 15.0. The van der Waals surface area contributed by atoms with Crippen molar-refractivity contribution in [1.29, 1.82) is 0 Å². The van der Waals surface area contributed by atoms with Crippen molar-refractivity contribution in [2.24, 2.45) is 0 Å². The first-order valence-corrected chi connectivity index (χ1v) is 8.98. The zero-order valence-corrected chi connectivity index (χ0v) is 15.9. The zero-order valence-electron chi connectivity index (χ0n) is 15.9. The number of hydrogen-bond acceptors (Lipinski definition) is 4. The third-order valence-electron chi connectivity index (χ3n) is 4.97. The highest BCUT2D eigenvalue weighted by molar-refractivity contribution is 5.94. The molecule has 0 atom stereocenters. The second-order valence-electron chi connectivity index (χ2n) is 7.23. The molecule has 3 heterocycles. The van der Waals surface area contributed by atoms with E-state index in [2.05, 4.69) is 21.6 Å². The zero-order chi connectivity index (χ0) is 22.9. The molecule has 3 aromatic rings. The van der Waals surface area contributed by atoms with E-state index in [-0.39, 0.29) is 22.8 Å². The molecule has 0 aromatic carbocycles. The molecule has 2 N–H and O–H groups in total. The smallest absolute Gasteiger partial charge is 0.384 e. The number of aryl methyl sites for hydroxylation is 1.